The number of primary amides is 1. The van der Waals surface area contributed by atoms with Gasteiger partial charge in [-0.05, 0) is 73.2 Å². The molecule has 1 aromatic heterocycles. The summed E-state index contributed by atoms with van der Waals surface area (Å²) in [6, 6.07) is 12.1. The number of fused-ring (bicyclic) bond motifs is 1. The highest BCUT2D eigenvalue weighted by atomic mass is 19.1. The predicted octanol–water partition coefficient (Wildman–Crippen LogP) is 5.14. The smallest absolute Gasteiger partial charge is 0.256 e. The van der Waals surface area contributed by atoms with E-state index in [2.05, 4.69) is 0 Å². The minimum absolute atomic E-state index is 0.0352. The molecule has 0 unspecified atom stereocenters. The third kappa shape index (κ3) is 5.72. The van der Waals surface area contributed by atoms with Gasteiger partial charge in [0.1, 0.15) is 17.4 Å². The average Bonchev–Trinajstić information content (AvgIpc) is 3.33. The van der Waals surface area contributed by atoms with Crippen LogP contribution in [0.5, 0.6) is 5.75 Å². The summed E-state index contributed by atoms with van der Waals surface area (Å²) in [5, 5.41) is 5.75. The quantitative estimate of drug-likeness (QED) is 0.298. The number of aryl methyl sites for hydroxylation is 1. The van der Waals surface area contributed by atoms with Crippen molar-refractivity contribution in [2.24, 2.45) is 11.7 Å². The second-order valence-corrected chi connectivity index (χ2v) is 10.6. The maximum absolute atomic E-state index is 15.1. The van der Waals surface area contributed by atoms with E-state index >= 15 is 4.39 Å². The number of carbonyl (C=O) groups is 2. The Balaban J connectivity index is 1.28. The molecule has 1 aliphatic heterocycles. The van der Waals surface area contributed by atoms with E-state index in [0.717, 1.165) is 35.0 Å². The molecule has 2 heterocycles. The van der Waals surface area contributed by atoms with E-state index < -0.39 is 17.5 Å². The molecule has 0 bridgehead atoms. The number of rotatable bonds is 9. The summed E-state index contributed by atoms with van der Waals surface area (Å²) in [6.45, 7) is 4.00. The fourth-order valence-corrected chi connectivity index (χ4v) is 5.78. The van der Waals surface area contributed by atoms with E-state index in [1.54, 1.807) is 30.2 Å². The number of amides is 2. The third-order valence-electron chi connectivity index (χ3n) is 8.10. The van der Waals surface area contributed by atoms with E-state index in [4.69, 9.17) is 20.3 Å². The zero-order valence-corrected chi connectivity index (χ0v) is 24.0. The van der Waals surface area contributed by atoms with Crippen molar-refractivity contribution in [2.75, 3.05) is 33.9 Å². The zero-order chi connectivity index (χ0) is 30.0. The van der Waals surface area contributed by atoms with Crippen LogP contribution in [0.3, 0.4) is 0 Å². The lowest BCUT2D eigenvalue weighted by molar-refractivity contribution is 0.0675. The minimum atomic E-state index is -0.688. The topological polar surface area (TPSA) is 99.7 Å². The van der Waals surface area contributed by atoms with Crippen LogP contribution in [0.4, 0.5) is 8.78 Å². The Hall–Kier alpha value is -4.31. The number of benzene rings is 3. The lowest BCUT2D eigenvalue weighted by atomic mass is 9.95. The van der Waals surface area contributed by atoms with Crippen LogP contribution in [0, 0.1) is 24.5 Å². The molecule has 0 radical (unpaired) electrons. The molecule has 0 atom stereocenters. The van der Waals surface area contributed by atoms with Crippen LogP contribution in [0.15, 0.2) is 48.5 Å². The van der Waals surface area contributed by atoms with Gasteiger partial charge in [0.15, 0.2) is 0 Å². The Morgan fingerprint density at radius 1 is 1.00 bits per heavy atom. The SMILES string of the molecule is COCCc1c2c(C)c(C(N)=O)ccc2nn1CC1CCN(C(=O)c2ccc(-c3ccc(OC)cc3F)cc2F)CC1. The molecule has 10 heteroatoms. The van der Waals surface area contributed by atoms with Crippen molar-refractivity contribution in [1.29, 1.82) is 0 Å². The van der Waals surface area contributed by atoms with Crippen molar-refractivity contribution >= 4 is 22.7 Å². The molecule has 2 N–H and O–H groups in total. The third-order valence-corrected chi connectivity index (χ3v) is 8.10. The van der Waals surface area contributed by atoms with Crippen LogP contribution in [0.1, 0.15) is 44.8 Å². The van der Waals surface area contributed by atoms with Gasteiger partial charge < -0.3 is 20.1 Å². The lowest BCUT2D eigenvalue weighted by Crippen LogP contribution is -2.39. The second-order valence-electron chi connectivity index (χ2n) is 10.6. The van der Waals surface area contributed by atoms with Crippen molar-refractivity contribution < 1.29 is 27.8 Å². The Morgan fingerprint density at radius 3 is 2.38 bits per heavy atom. The predicted molar refractivity (Wildman–Crippen MR) is 156 cm³/mol. The largest absolute Gasteiger partial charge is 0.497 e. The number of hydrogen-bond donors (Lipinski definition) is 1. The van der Waals surface area contributed by atoms with Gasteiger partial charge in [0.2, 0.25) is 5.91 Å². The van der Waals surface area contributed by atoms with Crippen molar-refractivity contribution in [2.45, 2.75) is 32.7 Å². The molecule has 220 valence electrons. The van der Waals surface area contributed by atoms with Gasteiger partial charge in [0, 0.05) is 61.4 Å². The standard InChI is InChI=1S/C32H34F2N4O4/c1-19-23(31(35)39)8-9-28-30(19)29(12-15-41-2)38(36-28)18-20-10-13-37(14-11-20)32(40)25-6-4-21(16-26(25)33)24-7-5-22(42-3)17-27(24)34/h4-9,16-17,20H,10-15,18H2,1-3H3,(H2,35,39). The molecule has 0 saturated carbocycles. The fourth-order valence-electron chi connectivity index (χ4n) is 5.78. The van der Waals surface area contributed by atoms with Crippen molar-refractivity contribution in [3.05, 3.63) is 82.5 Å². The van der Waals surface area contributed by atoms with Gasteiger partial charge in [-0.2, -0.15) is 5.10 Å². The van der Waals surface area contributed by atoms with E-state index in [9.17, 15) is 14.0 Å². The molecule has 42 heavy (non-hydrogen) atoms. The Kier molecular flexibility index (Phi) is 8.54. The molecule has 1 saturated heterocycles. The highest BCUT2D eigenvalue weighted by Gasteiger charge is 2.27. The number of nitrogens with zero attached hydrogens (tertiary/aromatic N) is 3. The molecule has 1 aliphatic rings. The normalized spacial score (nSPS) is 14.0. The lowest BCUT2D eigenvalue weighted by Gasteiger charge is -2.32. The van der Waals surface area contributed by atoms with E-state index in [-0.39, 0.29) is 23.0 Å². The second kappa shape index (κ2) is 12.3. The molecule has 0 spiro atoms. The van der Waals surface area contributed by atoms with Crippen molar-refractivity contribution in [3.63, 3.8) is 0 Å². The number of ether oxygens (including phenoxy) is 2. The molecule has 8 nitrogen and oxygen atoms in total. The van der Waals surface area contributed by atoms with Gasteiger partial charge >= 0.3 is 0 Å². The van der Waals surface area contributed by atoms with Crippen LogP contribution in [-0.4, -0.2) is 60.4 Å². The number of nitrogens with two attached hydrogens (primary N) is 1. The van der Waals surface area contributed by atoms with Gasteiger partial charge in [-0.15, -0.1) is 0 Å². The molecule has 2 amide bonds. The summed E-state index contributed by atoms with van der Waals surface area (Å²) >= 11 is 0. The van der Waals surface area contributed by atoms with Crippen LogP contribution >= 0.6 is 0 Å². The maximum Gasteiger partial charge on any atom is 0.256 e. The first-order valence-corrected chi connectivity index (χ1v) is 13.9. The summed E-state index contributed by atoms with van der Waals surface area (Å²) in [4.78, 5) is 26.8. The minimum Gasteiger partial charge on any atom is -0.497 e. The summed E-state index contributed by atoms with van der Waals surface area (Å²) in [5.41, 5.74) is 9.19. The number of halogens is 2. The first-order valence-electron chi connectivity index (χ1n) is 13.9. The summed E-state index contributed by atoms with van der Waals surface area (Å²) in [5.74, 6) is -1.46. The van der Waals surface area contributed by atoms with Gasteiger partial charge in [-0.1, -0.05) is 6.07 Å². The summed E-state index contributed by atoms with van der Waals surface area (Å²) in [6.07, 6.45) is 2.09. The first-order chi connectivity index (χ1) is 20.2. The van der Waals surface area contributed by atoms with Crippen molar-refractivity contribution in [3.8, 4) is 16.9 Å². The molecule has 0 aliphatic carbocycles. The van der Waals surface area contributed by atoms with Crippen molar-refractivity contribution in [1.82, 2.24) is 14.7 Å². The molecule has 3 aromatic carbocycles. The number of methoxy groups -OCH3 is 2. The molecule has 1 fully saturated rings. The van der Waals surface area contributed by atoms with Crippen LogP contribution < -0.4 is 10.5 Å². The first kappa shape index (κ1) is 29.2. The van der Waals surface area contributed by atoms with Crippen LogP contribution in [0.25, 0.3) is 22.0 Å². The number of likely N-dealkylation sites (tertiary alicyclic amines) is 1. The number of carbonyl (C=O) groups excluding carboxylic acids is 2. The van der Waals surface area contributed by atoms with E-state index in [0.29, 0.717) is 49.5 Å². The van der Waals surface area contributed by atoms with Gasteiger partial charge in [-0.3, -0.25) is 14.3 Å². The van der Waals surface area contributed by atoms with Gasteiger partial charge in [0.25, 0.3) is 5.91 Å². The monoisotopic (exact) mass is 576 g/mol. The highest BCUT2D eigenvalue weighted by molar-refractivity contribution is 6.00. The number of piperidine rings is 1. The van der Waals surface area contributed by atoms with E-state index in [1.807, 2.05) is 17.7 Å². The maximum atomic E-state index is 15.1. The van der Waals surface area contributed by atoms with Crippen LogP contribution in [0.2, 0.25) is 0 Å². The Labute approximate surface area is 243 Å². The molecular formula is C32H34F2N4O4. The Bertz CT molecular complexity index is 1640. The molecule has 4 aromatic rings. The van der Waals surface area contributed by atoms with Gasteiger partial charge in [0.05, 0.1) is 24.8 Å². The number of aromatic nitrogens is 2. The molecular weight excluding hydrogens is 542 g/mol. The molecule has 5 rings (SSSR count). The van der Waals surface area contributed by atoms with E-state index in [1.165, 1.54) is 31.4 Å². The summed E-state index contributed by atoms with van der Waals surface area (Å²) < 4.78 is 42.0. The Morgan fingerprint density at radius 2 is 1.74 bits per heavy atom. The highest BCUT2D eigenvalue weighted by Crippen LogP contribution is 2.30. The fraction of sp³-hybridized carbons (Fsp3) is 0.344. The zero-order valence-electron chi connectivity index (χ0n) is 24.0. The van der Waals surface area contributed by atoms with Crippen LogP contribution in [-0.2, 0) is 17.7 Å². The number of hydrogen-bond acceptors (Lipinski definition) is 5. The average molecular weight is 577 g/mol. The van der Waals surface area contributed by atoms with Gasteiger partial charge in [-0.25, -0.2) is 8.78 Å². The summed E-state index contributed by atoms with van der Waals surface area (Å²) in [7, 11) is 3.09.